The second kappa shape index (κ2) is 6.61. The van der Waals surface area contributed by atoms with Crippen molar-refractivity contribution in [2.45, 2.75) is 25.9 Å². The molecule has 1 aromatic carbocycles. The van der Waals surface area contributed by atoms with Gasteiger partial charge < -0.3 is 20.1 Å². The van der Waals surface area contributed by atoms with Crippen LogP contribution in [-0.2, 0) is 4.74 Å². The summed E-state index contributed by atoms with van der Waals surface area (Å²) in [5, 5.41) is 13.2. The zero-order chi connectivity index (χ0) is 13.7. The highest BCUT2D eigenvalue weighted by atomic mass is 16.5. The maximum Gasteiger partial charge on any atom is 0.122 e. The fraction of sp³-hybridized carbons (Fsp3) is 0.571. The second-order valence-corrected chi connectivity index (χ2v) is 4.67. The molecular formula is C14H24N2O2. The molecule has 0 amide bonds. The Labute approximate surface area is 110 Å². The van der Waals surface area contributed by atoms with E-state index in [1.165, 1.54) is 0 Å². The van der Waals surface area contributed by atoms with E-state index in [1.807, 2.05) is 33.2 Å². The highest BCUT2D eigenvalue weighted by Gasteiger charge is 2.13. The number of ether oxygens (including phenoxy) is 1. The van der Waals surface area contributed by atoms with E-state index in [1.54, 1.807) is 13.2 Å². The summed E-state index contributed by atoms with van der Waals surface area (Å²) in [5.41, 5.74) is 1.90. The van der Waals surface area contributed by atoms with E-state index >= 15 is 0 Å². The van der Waals surface area contributed by atoms with Crippen molar-refractivity contribution in [2.75, 3.05) is 32.7 Å². The van der Waals surface area contributed by atoms with Crippen LogP contribution in [0, 0.1) is 0 Å². The van der Waals surface area contributed by atoms with E-state index in [9.17, 15) is 5.11 Å². The van der Waals surface area contributed by atoms with Gasteiger partial charge in [0.25, 0.3) is 0 Å². The molecule has 0 spiro atoms. The van der Waals surface area contributed by atoms with E-state index in [0.717, 1.165) is 11.3 Å². The van der Waals surface area contributed by atoms with Crippen molar-refractivity contribution < 1.29 is 9.84 Å². The highest BCUT2D eigenvalue weighted by molar-refractivity contribution is 5.54. The van der Waals surface area contributed by atoms with Crippen LogP contribution in [0.1, 0.15) is 25.5 Å². The first kappa shape index (κ1) is 14.8. The standard InChI is InChI=1S/C14H24N2O2/c1-10(9-18-5)16(4)12-6-7-13(11(2)15-3)14(17)8-12/h6-8,10-11,15,17H,9H2,1-5H3. The molecule has 4 nitrogen and oxygen atoms in total. The van der Waals surface area contributed by atoms with Crippen molar-refractivity contribution in [2.24, 2.45) is 0 Å². The Bertz CT molecular complexity index is 382. The van der Waals surface area contributed by atoms with Crippen LogP contribution in [0.25, 0.3) is 0 Å². The summed E-state index contributed by atoms with van der Waals surface area (Å²) >= 11 is 0. The summed E-state index contributed by atoms with van der Waals surface area (Å²) in [7, 11) is 5.57. The zero-order valence-corrected chi connectivity index (χ0v) is 11.9. The summed E-state index contributed by atoms with van der Waals surface area (Å²) in [6.45, 7) is 4.77. The van der Waals surface area contributed by atoms with Gasteiger partial charge in [-0.3, -0.25) is 0 Å². The molecule has 102 valence electrons. The molecule has 2 atom stereocenters. The molecule has 1 aromatic rings. The van der Waals surface area contributed by atoms with Gasteiger partial charge in [0.2, 0.25) is 0 Å². The smallest absolute Gasteiger partial charge is 0.122 e. The van der Waals surface area contributed by atoms with Gasteiger partial charge in [0.15, 0.2) is 0 Å². The minimum absolute atomic E-state index is 0.140. The van der Waals surface area contributed by atoms with Crippen molar-refractivity contribution in [3.8, 4) is 5.75 Å². The summed E-state index contributed by atoms with van der Waals surface area (Å²) in [6.07, 6.45) is 0. The average molecular weight is 252 g/mol. The van der Waals surface area contributed by atoms with E-state index in [0.29, 0.717) is 12.4 Å². The van der Waals surface area contributed by atoms with Crippen LogP contribution < -0.4 is 10.2 Å². The minimum Gasteiger partial charge on any atom is -0.508 e. The number of likely N-dealkylation sites (N-methyl/N-ethyl adjacent to an activating group) is 1. The van der Waals surface area contributed by atoms with Gasteiger partial charge in [-0.2, -0.15) is 0 Å². The number of nitrogens with zero attached hydrogens (tertiary/aromatic N) is 1. The maximum atomic E-state index is 10.1. The third-order valence-corrected chi connectivity index (χ3v) is 3.39. The second-order valence-electron chi connectivity index (χ2n) is 4.67. The van der Waals surface area contributed by atoms with Crippen LogP contribution in [0.3, 0.4) is 0 Å². The molecule has 2 N–H and O–H groups in total. The van der Waals surface area contributed by atoms with Crippen LogP contribution in [0.15, 0.2) is 18.2 Å². The van der Waals surface area contributed by atoms with Gasteiger partial charge >= 0.3 is 0 Å². The molecule has 0 radical (unpaired) electrons. The predicted octanol–water partition coefficient (Wildman–Crippen LogP) is 2.14. The molecule has 1 rings (SSSR count). The molecule has 0 aromatic heterocycles. The van der Waals surface area contributed by atoms with Crippen molar-refractivity contribution >= 4 is 5.69 Å². The van der Waals surface area contributed by atoms with Gasteiger partial charge in [0.1, 0.15) is 5.75 Å². The summed E-state index contributed by atoms with van der Waals surface area (Å²) in [5.74, 6) is 0.325. The molecule has 0 heterocycles. The quantitative estimate of drug-likeness (QED) is 0.814. The Morgan fingerprint density at radius 2 is 2.06 bits per heavy atom. The Balaban J connectivity index is 2.90. The number of phenolic OH excluding ortho intramolecular Hbond substituents is 1. The molecule has 2 unspecified atom stereocenters. The van der Waals surface area contributed by atoms with Crippen molar-refractivity contribution in [1.82, 2.24) is 5.32 Å². The molecule has 0 saturated carbocycles. The lowest BCUT2D eigenvalue weighted by Crippen LogP contribution is -2.32. The van der Waals surface area contributed by atoms with Crippen LogP contribution in [0.2, 0.25) is 0 Å². The van der Waals surface area contributed by atoms with Gasteiger partial charge in [0.05, 0.1) is 6.61 Å². The lowest BCUT2D eigenvalue weighted by molar-refractivity contribution is 0.183. The van der Waals surface area contributed by atoms with E-state index in [-0.39, 0.29) is 12.1 Å². The molecule has 0 aliphatic carbocycles. The maximum absolute atomic E-state index is 10.1. The number of hydrogen-bond acceptors (Lipinski definition) is 4. The van der Waals surface area contributed by atoms with E-state index < -0.39 is 0 Å². The van der Waals surface area contributed by atoms with Crippen LogP contribution >= 0.6 is 0 Å². The Morgan fingerprint density at radius 1 is 1.39 bits per heavy atom. The topological polar surface area (TPSA) is 44.7 Å². The number of hydrogen-bond donors (Lipinski definition) is 2. The van der Waals surface area contributed by atoms with Crippen molar-refractivity contribution in [3.63, 3.8) is 0 Å². The molecule has 0 fully saturated rings. The number of methoxy groups -OCH3 is 1. The predicted molar refractivity (Wildman–Crippen MR) is 75.3 cm³/mol. The number of rotatable bonds is 6. The molecule has 0 bridgehead atoms. The molecule has 18 heavy (non-hydrogen) atoms. The van der Waals surface area contributed by atoms with Crippen LogP contribution in [0.4, 0.5) is 5.69 Å². The number of phenols is 1. The van der Waals surface area contributed by atoms with E-state index in [2.05, 4.69) is 17.1 Å². The fourth-order valence-electron chi connectivity index (χ4n) is 1.88. The lowest BCUT2D eigenvalue weighted by Gasteiger charge is -2.27. The number of aromatic hydroxyl groups is 1. The van der Waals surface area contributed by atoms with Gasteiger partial charge in [0, 0.05) is 43.6 Å². The Kier molecular flexibility index (Phi) is 5.44. The summed E-state index contributed by atoms with van der Waals surface area (Å²) in [4.78, 5) is 2.09. The SMILES string of the molecule is CNC(C)c1ccc(N(C)C(C)COC)cc1O. The average Bonchev–Trinajstić information content (AvgIpc) is 2.37. The largest absolute Gasteiger partial charge is 0.508 e. The molecule has 0 saturated heterocycles. The first-order valence-corrected chi connectivity index (χ1v) is 6.23. The van der Waals surface area contributed by atoms with Gasteiger partial charge in [-0.15, -0.1) is 0 Å². The third kappa shape index (κ3) is 3.37. The molecule has 0 aliphatic rings. The van der Waals surface area contributed by atoms with Crippen LogP contribution in [0.5, 0.6) is 5.75 Å². The third-order valence-electron chi connectivity index (χ3n) is 3.39. The number of nitrogens with one attached hydrogen (secondary N) is 1. The Morgan fingerprint density at radius 3 is 2.56 bits per heavy atom. The van der Waals surface area contributed by atoms with Crippen molar-refractivity contribution in [1.29, 1.82) is 0 Å². The molecule has 0 aliphatic heterocycles. The van der Waals surface area contributed by atoms with Gasteiger partial charge in [-0.25, -0.2) is 0 Å². The monoisotopic (exact) mass is 252 g/mol. The lowest BCUT2D eigenvalue weighted by atomic mass is 10.1. The minimum atomic E-state index is 0.140. The van der Waals surface area contributed by atoms with Gasteiger partial charge in [-0.1, -0.05) is 6.07 Å². The fourth-order valence-corrected chi connectivity index (χ4v) is 1.88. The zero-order valence-electron chi connectivity index (χ0n) is 11.9. The van der Waals surface area contributed by atoms with Gasteiger partial charge in [-0.05, 0) is 27.0 Å². The normalized spacial score (nSPS) is 14.3. The van der Waals surface area contributed by atoms with Crippen molar-refractivity contribution in [3.05, 3.63) is 23.8 Å². The summed E-state index contributed by atoms with van der Waals surface area (Å²) < 4.78 is 5.14. The first-order valence-electron chi connectivity index (χ1n) is 6.23. The number of anilines is 1. The summed E-state index contributed by atoms with van der Waals surface area (Å²) in [6, 6.07) is 6.19. The number of benzene rings is 1. The first-order chi connectivity index (χ1) is 8.51. The Hall–Kier alpha value is -1.26. The molecular weight excluding hydrogens is 228 g/mol. The highest BCUT2D eigenvalue weighted by Crippen LogP contribution is 2.29. The van der Waals surface area contributed by atoms with E-state index in [4.69, 9.17) is 4.74 Å². The molecule has 4 heteroatoms. The van der Waals surface area contributed by atoms with Crippen LogP contribution in [-0.4, -0.2) is 39.0 Å².